The number of carbonyl (C=O) groups is 3. The standard InChI is InChI=1S/C21H38N2O4/c1-4-14-27-15-6-13-22-19(24)7-5-8-20(25)23-18-11-9-17(10-12-18)21(26)16(2)3/h16-18H,4-15H2,1-3H3,(H,22,24)(H,23,25). The number of ketones is 1. The second kappa shape index (κ2) is 13.7. The molecule has 2 N–H and O–H groups in total. The summed E-state index contributed by atoms with van der Waals surface area (Å²) in [4.78, 5) is 35.8. The van der Waals surface area contributed by atoms with Crippen molar-refractivity contribution in [2.24, 2.45) is 11.8 Å². The van der Waals surface area contributed by atoms with E-state index in [2.05, 4.69) is 17.6 Å². The predicted molar refractivity (Wildman–Crippen MR) is 106 cm³/mol. The predicted octanol–water partition coefficient (Wildman–Crippen LogP) is 2.99. The molecule has 0 unspecified atom stereocenters. The van der Waals surface area contributed by atoms with Crippen LogP contribution in [0.15, 0.2) is 0 Å². The second-order valence-electron chi connectivity index (χ2n) is 7.84. The molecule has 6 nitrogen and oxygen atoms in total. The first-order valence-corrected chi connectivity index (χ1v) is 10.6. The van der Waals surface area contributed by atoms with E-state index in [0.29, 0.717) is 38.2 Å². The fraction of sp³-hybridized carbons (Fsp3) is 0.857. The summed E-state index contributed by atoms with van der Waals surface area (Å²) >= 11 is 0. The van der Waals surface area contributed by atoms with Gasteiger partial charge >= 0.3 is 0 Å². The molecule has 0 bridgehead atoms. The molecule has 0 radical (unpaired) electrons. The fourth-order valence-corrected chi connectivity index (χ4v) is 3.44. The molecule has 0 aromatic heterocycles. The Kier molecular flexibility index (Phi) is 12.0. The van der Waals surface area contributed by atoms with E-state index in [4.69, 9.17) is 4.74 Å². The molecule has 1 rings (SSSR count). The van der Waals surface area contributed by atoms with E-state index < -0.39 is 0 Å². The van der Waals surface area contributed by atoms with Crippen LogP contribution in [0.3, 0.4) is 0 Å². The van der Waals surface area contributed by atoms with Gasteiger partial charge in [0.2, 0.25) is 11.8 Å². The molecule has 0 spiro atoms. The summed E-state index contributed by atoms with van der Waals surface area (Å²) in [6, 6.07) is 0.172. The summed E-state index contributed by atoms with van der Waals surface area (Å²) in [6.07, 6.45) is 6.60. The number of amides is 2. The maximum atomic E-state index is 12.1. The van der Waals surface area contributed by atoms with Crippen molar-refractivity contribution in [3.05, 3.63) is 0 Å². The van der Waals surface area contributed by atoms with Crippen LogP contribution in [0.5, 0.6) is 0 Å². The zero-order valence-corrected chi connectivity index (χ0v) is 17.4. The molecule has 1 aliphatic carbocycles. The van der Waals surface area contributed by atoms with E-state index in [0.717, 1.165) is 45.1 Å². The maximum Gasteiger partial charge on any atom is 0.220 e. The first-order chi connectivity index (χ1) is 12.9. The molecule has 1 saturated carbocycles. The van der Waals surface area contributed by atoms with Gasteiger partial charge in [-0.1, -0.05) is 20.8 Å². The van der Waals surface area contributed by atoms with Crippen molar-refractivity contribution in [3.63, 3.8) is 0 Å². The molecule has 1 aliphatic rings. The van der Waals surface area contributed by atoms with E-state index in [1.165, 1.54) is 0 Å². The number of rotatable bonds is 13. The van der Waals surface area contributed by atoms with Crippen LogP contribution in [0, 0.1) is 11.8 Å². The van der Waals surface area contributed by atoms with Gasteiger partial charge in [0.25, 0.3) is 0 Å². The van der Waals surface area contributed by atoms with Gasteiger partial charge in [-0.2, -0.15) is 0 Å². The Balaban J connectivity index is 2.06. The maximum absolute atomic E-state index is 12.1. The molecule has 156 valence electrons. The summed E-state index contributed by atoms with van der Waals surface area (Å²) in [6.45, 7) is 8.02. The Morgan fingerprint density at radius 2 is 1.63 bits per heavy atom. The molecule has 27 heavy (non-hydrogen) atoms. The van der Waals surface area contributed by atoms with Crippen molar-refractivity contribution in [1.29, 1.82) is 0 Å². The molecule has 1 fully saturated rings. The topological polar surface area (TPSA) is 84.5 Å². The third-order valence-corrected chi connectivity index (χ3v) is 5.01. The summed E-state index contributed by atoms with van der Waals surface area (Å²) in [5.41, 5.74) is 0. The summed E-state index contributed by atoms with van der Waals surface area (Å²) in [7, 11) is 0. The number of Topliss-reactive ketones (excluding diaryl/α,β-unsaturated/α-hetero) is 1. The minimum absolute atomic E-state index is 0.00834. The number of hydrogen-bond donors (Lipinski definition) is 2. The minimum atomic E-state index is -0.00834. The molecular formula is C21H38N2O4. The van der Waals surface area contributed by atoms with Gasteiger partial charge in [0.05, 0.1) is 0 Å². The van der Waals surface area contributed by atoms with Crippen molar-refractivity contribution >= 4 is 17.6 Å². The summed E-state index contributed by atoms with van der Waals surface area (Å²) in [5.74, 6) is 0.605. The van der Waals surface area contributed by atoms with Crippen LogP contribution in [0.1, 0.15) is 78.6 Å². The van der Waals surface area contributed by atoms with Crippen molar-refractivity contribution in [3.8, 4) is 0 Å². The van der Waals surface area contributed by atoms with Gasteiger partial charge in [-0.3, -0.25) is 14.4 Å². The lowest BCUT2D eigenvalue weighted by Crippen LogP contribution is -2.39. The van der Waals surface area contributed by atoms with Crippen LogP contribution >= 0.6 is 0 Å². The quantitative estimate of drug-likeness (QED) is 0.480. The molecule has 2 amide bonds. The minimum Gasteiger partial charge on any atom is -0.381 e. The zero-order valence-electron chi connectivity index (χ0n) is 17.4. The highest BCUT2D eigenvalue weighted by Gasteiger charge is 2.28. The van der Waals surface area contributed by atoms with E-state index >= 15 is 0 Å². The Labute approximate surface area is 164 Å². The number of carbonyl (C=O) groups excluding carboxylic acids is 3. The van der Waals surface area contributed by atoms with Gasteiger partial charge < -0.3 is 15.4 Å². The molecule has 6 heteroatoms. The highest BCUT2D eigenvalue weighted by Crippen LogP contribution is 2.27. The number of ether oxygens (including phenoxy) is 1. The lowest BCUT2D eigenvalue weighted by molar-refractivity contribution is -0.127. The van der Waals surface area contributed by atoms with Gasteiger partial charge in [-0.15, -0.1) is 0 Å². The molecule has 0 aromatic carbocycles. The van der Waals surface area contributed by atoms with Crippen LogP contribution in [0.25, 0.3) is 0 Å². The van der Waals surface area contributed by atoms with Crippen LogP contribution in [0.2, 0.25) is 0 Å². The van der Waals surface area contributed by atoms with Crippen LogP contribution < -0.4 is 10.6 Å². The molecule has 0 aliphatic heterocycles. The molecule has 0 atom stereocenters. The van der Waals surface area contributed by atoms with Crippen LogP contribution in [-0.2, 0) is 19.1 Å². The van der Waals surface area contributed by atoms with Gasteiger partial charge in [0, 0.05) is 50.5 Å². The van der Waals surface area contributed by atoms with Crippen LogP contribution in [0.4, 0.5) is 0 Å². The first-order valence-electron chi connectivity index (χ1n) is 10.6. The van der Waals surface area contributed by atoms with Gasteiger partial charge in [0.15, 0.2) is 0 Å². The highest BCUT2D eigenvalue weighted by molar-refractivity contribution is 5.83. The zero-order chi connectivity index (χ0) is 20.1. The van der Waals surface area contributed by atoms with Gasteiger partial charge in [-0.25, -0.2) is 0 Å². The lowest BCUT2D eigenvalue weighted by atomic mass is 9.80. The van der Waals surface area contributed by atoms with E-state index in [1.807, 2.05) is 13.8 Å². The Morgan fingerprint density at radius 3 is 2.26 bits per heavy atom. The molecule has 0 saturated heterocycles. The second-order valence-corrected chi connectivity index (χ2v) is 7.84. The fourth-order valence-electron chi connectivity index (χ4n) is 3.44. The third-order valence-electron chi connectivity index (χ3n) is 5.01. The van der Waals surface area contributed by atoms with E-state index in [1.54, 1.807) is 0 Å². The van der Waals surface area contributed by atoms with E-state index in [9.17, 15) is 14.4 Å². The van der Waals surface area contributed by atoms with Crippen molar-refractivity contribution in [1.82, 2.24) is 10.6 Å². The summed E-state index contributed by atoms with van der Waals surface area (Å²) in [5, 5.41) is 5.91. The van der Waals surface area contributed by atoms with Gasteiger partial charge in [-0.05, 0) is 44.9 Å². The third kappa shape index (κ3) is 10.5. The Hall–Kier alpha value is -1.43. The van der Waals surface area contributed by atoms with Crippen molar-refractivity contribution < 1.29 is 19.1 Å². The molecule has 0 heterocycles. The average Bonchev–Trinajstić information content (AvgIpc) is 2.64. The van der Waals surface area contributed by atoms with E-state index in [-0.39, 0.29) is 29.7 Å². The Morgan fingerprint density at radius 1 is 0.963 bits per heavy atom. The SMILES string of the molecule is CCCOCCCNC(=O)CCCC(=O)NC1CCC(C(=O)C(C)C)CC1. The number of hydrogen-bond acceptors (Lipinski definition) is 4. The smallest absolute Gasteiger partial charge is 0.220 e. The van der Waals surface area contributed by atoms with Crippen molar-refractivity contribution in [2.45, 2.75) is 84.6 Å². The monoisotopic (exact) mass is 382 g/mol. The molecule has 0 aromatic rings. The normalized spacial score (nSPS) is 19.7. The highest BCUT2D eigenvalue weighted by atomic mass is 16.5. The number of nitrogens with one attached hydrogen (secondary N) is 2. The molecular weight excluding hydrogens is 344 g/mol. The van der Waals surface area contributed by atoms with Crippen LogP contribution in [-0.4, -0.2) is 43.4 Å². The summed E-state index contributed by atoms with van der Waals surface area (Å²) < 4.78 is 5.36. The van der Waals surface area contributed by atoms with Crippen molar-refractivity contribution in [2.75, 3.05) is 19.8 Å². The lowest BCUT2D eigenvalue weighted by Gasteiger charge is -2.29. The largest absolute Gasteiger partial charge is 0.381 e. The Bertz CT molecular complexity index is 457. The van der Waals surface area contributed by atoms with Gasteiger partial charge in [0.1, 0.15) is 5.78 Å². The average molecular weight is 383 g/mol. The first kappa shape index (κ1) is 23.6.